The Balaban J connectivity index is 2.63. The van der Waals surface area contributed by atoms with Gasteiger partial charge in [-0.1, -0.05) is 0 Å². The van der Waals surface area contributed by atoms with Crippen molar-refractivity contribution in [2.24, 2.45) is 0 Å². The second-order valence-electron chi connectivity index (χ2n) is 4.64. The van der Waals surface area contributed by atoms with Gasteiger partial charge in [0.2, 0.25) is 11.8 Å². The van der Waals surface area contributed by atoms with Crippen molar-refractivity contribution >= 4 is 21.9 Å². The van der Waals surface area contributed by atoms with Crippen LogP contribution in [-0.4, -0.2) is 59.9 Å². The first kappa shape index (κ1) is 15.1. The molecule has 0 bridgehead atoms. The largest absolute Gasteiger partial charge is 0.480 e. The van der Waals surface area contributed by atoms with Crippen molar-refractivity contribution in [1.29, 1.82) is 0 Å². The number of aliphatic hydroxyl groups is 1. The molecule has 0 amide bonds. The van der Waals surface area contributed by atoms with Gasteiger partial charge < -0.3 is 20.1 Å². The Morgan fingerprint density at radius 3 is 2.78 bits per heavy atom. The molecule has 0 saturated heterocycles. The van der Waals surface area contributed by atoms with Crippen LogP contribution in [0.2, 0.25) is 0 Å². The van der Waals surface area contributed by atoms with Crippen molar-refractivity contribution in [3.8, 4) is 5.88 Å². The fourth-order valence-corrected chi connectivity index (χ4v) is 1.94. The van der Waals surface area contributed by atoms with Gasteiger partial charge in [0, 0.05) is 13.1 Å². The van der Waals surface area contributed by atoms with Crippen LogP contribution in [-0.2, 0) is 0 Å². The van der Waals surface area contributed by atoms with E-state index in [-0.39, 0.29) is 0 Å². The van der Waals surface area contributed by atoms with Gasteiger partial charge in [-0.3, -0.25) is 0 Å². The predicted molar refractivity (Wildman–Crippen MR) is 74.0 cm³/mol. The predicted octanol–water partition coefficient (Wildman–Crippen LogP) is 0.972. The Hall–Kier alpha value is -0.920. The standard InChI is InChI=1S/C11H19BrN4O2/c1-11(17,7-16(2)3)6-14-10-13-5-8(12)9(15-10)18-4/h5,17H,6-7H2,1-4H3,(H,13,14,15). The van der Waals surface area contributed by atoms with Gasteiger partial charge in [-0.15, -0.1) is 0 Å². The molecule has 0 aliphatic carbocycles. The highest BCUT2D eigenvalue weighted by atomic mass is 79.9. The number of aromatic nitrogens is 2. The van der Waals surface area contributed by atoms with Crippen LogP contribution in [0, 0.1) is 0 Å². The average Bonchev–Trinajstić information content (AvgIpc) is 2.26. The minimum atomic E-state index is -0.854. The highest BCUT2D eigenvalue weighted by Gasteiger charge is 2.21. The highest BCUT2D eigenvalue weighted by molar-refractivity contribution is 9.10. The number of rotatable bonds is 6. The third kappa shape index (κ3) is 4.75. The zero-order chi connectivity index (χ0) is 13.8. The third-order valence-electron chi connectivity index (χ3n) is 2.19. The molecule has 1 heterocycles. The zero-order valence-corrected chi connectivity index (χ0v) is 12.7. The molecular weight excluding hydrogens is 300 g/mol. The van der Waals surface area contributed by atoms with Crippen LogP contribution >= 0.6 is 15.9 Å². The van der Waals surface area contributed by atoms with E-state index in [1.165, 1.54) is 0 Å². The van der Waals surface area contributed by atoms with Gasteiger partial charge in [0.15, 0.2) is 0 Å². The first-order valence-corrected chi connectivity index (χ1v) is 6.31. The molecule has 0 spiro atoms. The van der Waals surface area contributed by atoms with E-state index in [9.17, 15) is 5.11 Å². The number of halogens is 1. The molecule has 6 nitrogen and oxygen atoms in total. The van der Waals surface area contributed by atoms with Crippen molar-refractivity contribution in [3.05, 3.63) is 10.7 Å². The summed E-state index contributed by atoms with van der Waals surface area (Å²) in [6.07, 6.45) is 1.61. The van der Waals surface area contributed by atoms with E-state index in [0.717, 1.165) is 0 Å². The molecular formula is C11H19BrN4O2. The lowest BCUT2D eigenvalue weighted by molar-refractivity contribution is 0.0458. The fourth-order valence-electron chi connectivity index (χ4n) is 1.59. The van der Waals surface area contributed by atoms with Crippen LogP contribution in [0.15, 0.2) is 10.7 Å². The SMILES string of the molecule is COc1nc(NCC(C)(O)CN(C)C)ncc1Br. The topological polar surface area (TPSA) is 70.5 Å². The quantitative estimate of drug-likeness (QED) is 0.814. The molecule has 18 heavy (non-hydrogen) atoms. The number of hydrogen-bond donors (Lipinski definition) is 2. The fraction of sp³-hybridized carbons (Fsp3) is 0.636. The zero-order valence-electron chi connectivity index (χ0n) is 11.1. The monoisotopic (exact) mass is 318 g/mol. The van der Waals surface area contributed by atoms with Crippen molar-refractivity contribution in [2.75, 3.05) is 39.6 Å². The Bertz CT molecular complexity index is 399. The second-order valence-corrected chi connectivity index (χ2v) is 5.49. The van der Waals surface area contributed by atoms with Crippen LogP contribution in [0.25, 0.3) is 0 Å². The molecule has 0 radical (unpaired) electrons. The molecule has 1 aromatic rings. The minimum Gasteiger partial charge on any atom is -0.480 e. The summed E-state index contributed by atoms with van der Waals surface area (Å²) in [4.78, 5) is 10.2. The summed E-state index contributed by atoms with van der Waals surface area (Å²) in [5.41, 5.74) is -0.854. The van der Waals surface area contributed by atoms with Crippen LogP contribution < -0.4 is 10.1 Å². The normalized spacial score (nSPS) is 14.4. The summed E-state index contributed by atoms with van der Waals surface area (Å²) in [5.74, 6) is 0.883. The van der Waals surface area contributed by atoms with Gasteiger partial charge in [-0.2, -0.15) is 4.98 Å². The molecule has 0 aliphatic rings. The molecule has 0 fully saturated rings. The molecule has 7 heteroatoms. The molecule has 1 aromatic heterocycles. The van der Waals surface area contributed by atoms with E-state index in [1.807, 2.05) is 19.0 Å². The lowest BCUT2D eigenvalue weighted by Gasteiger charge is -2.27. The second kappa shape index (κ2) is 6.31. The number of nitrogens with one attached hydrogen (secondary N) is 1. The number of anilines is 1. The number of nitrogens with zero attached hydrogens (tertiary/aromatic N) is 3. The molecule has 1 rings (SSSR count). The van der Waals surface area contributed by atoms with E-state index >= 15 is 0 Å². The Labute approximate surface area is 116 Å². The van der Waals surface area contributed by atoms with E-state index in [0.29, 0.717) is 29.4 Å². The molecule has 102 valence electrons. The van der Waals surface area contributed by atoms with Gasteiger partial charge in [-0.05, 0) is 36.9 Å². The van der Waals surface area contributed by atoms with Gasteiger partial charge in [-0.25, -0.2) is 4.98 Å². The van der Waals surface area contributed by atoms with Crippen molar-refractivity contribution in [1.82, 2.24) is 14.9 Å². The summed E-state index contributed by atoms with van der Waals surface area (Å²) in [6.45, 7) is 2.67. The smallest absolute Gasteiger partial charge is 0.232 e. The maximum absolute atomic E-state index is 10.1. The van der Waals surface area contributed by atoms with Crippen molar-refractivity contribution < 1.29 is 9.84 Å². The first-order valence-electron chi connectivity index (χ1n) is 5.51. The Kier molecular flexibility index (Phi) is 5.30. The minimum absolute atomic E-state index is 0.357. The van der Waals surface area contributed by atoms with E-state index in [2.05, 4.69) is 31.2 Å². The first-order chi connectivity index (χ1) is 8.34. The van der Waals surface area contributed by atoms with Crippen molar-refractivity contribution in [2.45, 2.75) is 12.5 Å². The van der Waals surface area contributed by atoms with Crippen LogP contribution in [0.1, 0.15) is 6.92 Å². The molecule has 2 N–H and O–H groups in total. The van der Waals surface area contributed by atoms with Crippen molar-refractivity contribution in [3.63, 3.8) is 0 Å². The van der Waals surface area contributed by atoms with Gasteiger partial charge in [0.25, 0.3) is 0 Å². The summed E-state index contributed by atoms with van der Waals surface area (Å²) >= 11 is 3.28. The lowest BCUT2D eigenvalue weighted by Crippen LogP contribution is -2.43. The summed E-state index contributed by atoms with van der Waals surface area (Å²) in [5, 5.41) is 13.1. The van der Waals surface area contributed by atoms with Gasteiger partial charge in [0.1, 0.15) is 0 Å². The maximum Gasteiger partial charge on any atom is 0.232 e. The van der Waals surface area contributed by atoms with Crippen LogP contribution in [0.5, 0.6) is 5.88 Å². The summed E-state index contributed by atoms with van der Waals surface area (Å²) < 4.78 is 5.76. The van der Waals surface area contributed by atoms with Crippen LogP contribution in [0.3, 0.4) is 0 Å². The summed E-state index contributed by atoms with van der Waals surface area (Å²) in [7, 11) is 5.36. The molecule has 1 atom stereocenters. The third-order valence-corrected chi connectivity index (χ3v) is 2.73. The highest BCUT2D eigenvalue weighted by Crippen LogP contribution is 2.21. The van der Waals surface area contributed by atoms with Gasteiger partial charge in [0.05, 0.1) is 23.4 Å². The number of methoxy groups -OCH3 is 1. The maximum atomic E-state index is 10.1. The number of likely N-dealkylation sites (N-methyl/N-ethyl adjacent to an activating group) is 1. The van der Waals surface area contributed by atoms with Crippen LogP contribution in [0.4, 0.5) is 5.95 Å². The van der Waals surface area contributed by atoms with Gasteiger partial charge >= 0.3 is 0 Å². The summed E-state index contributed by atoms with van der Waals surface area (Å²) in [6, 6.07) is 0. The van der Waals surface area contributed by atoms with E-state index < -0.39 is 5.60 Å². The average molecular weight is 319 g/mol. The number of ether oxygens (including phenoxy) is 1. The molecule has 0 aromatic carbocycles. The molecule has 0 aliphatic heterocycles. The van der Waals surface area contributed by atoms with E-state index in [1.54, 1.807) is 20.2 Å². The van der Waals surface area contributed by atoms with E-state index in [4.69, 9.17) is 4.74 Å². The number of hydrogen-bond acceptors (Lipinski definition) is 6. The lowest BCUT2D eigenvalue weighted by atomic mass is 10.1. The Morgan fingerprint density at radius 2 is 2.22 bits per heavy atom. The molecule has 1 unspecified atom stereocenters. The molecule has 0 saturated carbocycles. The Morgan fingerprint density at radius 1 is 1.56 bits per heavy atom.